The van der Waals surface area contributed by atoms with Gasteiger partial charge in [0.15, 0.2) is 0 Å². The summed E-state index contributed by atoms with van der Waals surface area (Å²) >= 11 is 0. The van der Waals surface area contributed by atoms with Gasteiger partial charge in [0.1, 0.15) is 6.04 Å². The molecule has 1 aromatic heterocycles. The van der Waals surface area contributed by atoms with Gasteiger partial charge in [-0.25, -0.2) is 0 Å². The third-order valence-corrected chi connectivity index (χ3v) is 4.02. The van der Waals surface area contributed by atoms with Crippen molar-refractivity contribution >= 4 is 16.8 Å². The van der Waals surface area contributed by atoms with Gasteiger partial charge >= 0.3 is 0 Å². The van der Waals surface area contributed by atoms with E-state index in [1.807, 2.05) is 13.0 Å². The average molecular weight is 242 g/mol. The van der Waals surface area contributed by atoms with Crippen molar-refractivity contribution in [1.82, 2.24) is 4.57 Å². The second-order valence-corrected chi connectivity index (χ2v) is 5.10. The van der Waals surface area contributed by atoms with Gasteiger partial charge in [0, 0.05) is 16.6 Å². The molecule has 1 aromatic carbocycles. The monoisotopic (exact) mass is 242 g/mol. The Labute approximate surface area is 107 Å². The first-order valence-electron chi connectivity index (χ1n) is 6.60. The molecule has 1 heterocycles. The molecule has 2 aromatic rings. The van der Waals surface area contributed by atoms with E-state index in [0.717, 1.165) is 18.4 Å². The minimum atomic E-state index is -0.267. The van der Waals surface area contributed by atoms with E-state index in [4.69, 9.17) is 5.73 Å². The molecule has 0 radical (unpaired) electrons. The SMILES string of the molecule is CC(C(N)=O)n1c2c(c3ccccc31)CCCC2. The molecule has 0 saturated carbocycles. The molecule has 3 heteroatoms. The summed E-state index contributed by atoms with van der Waals surface area (Å²) in [7, 11) is 0. The van der Waals surface area contributed by atoms with Crippen molar-refractivity contribution in [2.75, 3.05) is 0 Å². The minimum Gasteiger partial charge on any atom is -0.368 e. The van der Waals surface area contributed by atoms with Crippen LogP contribution >= 0.6 is 0 Å². The Hall–Kier alpha value is -1.77. The van der Waals surface area contributed by atoms with Crippen LogP contribution in [-0.4, -0.2) is 10.5 Å². The van der Waals surface area contributed by atoms with Crippen LogP contribution in [0.3, 0.4) is 0 Å². The molecule has 1 unspecified atom stereocenters. The van der Waals surface area contributed by atoms with Gasteiger partial charge in [0.2, 0.25) is 5.91 Å². The van der Waals surface area contributed by atoms with E-state index in [-0.39, 0.29) is 11.9 Å². The van der Waals surface area contributed by atoms with Crippen molar-refractivity contribution in [3.63, 3.8) is 0 Å². The molecule has 0 fully saturated rings. The molecule has 94 valence electrons. The summed E-state index contributed by atoms with van der Waals surface area (Å²) in [4.78, 5) is 11.5. The first kappa shape index (κ1) is 11.3. The Morgan fingerprint density at radius 3 is 2.78 bits per heavy atom. The van der Waals surface area contributed by atoms with Gasteiger partial charge in [0.25, 0.3) is 0 Å². The van der Waals surface area contributed by atoms with E-state index in [0.29, 0.717) is 0 Å². The second kappa shape index (κ2) is 4.16. The summed E-state index contributed by atoms with van der Waals surface area (Å²) in [6.45, 7) is 1.89. The number of fused-ring (bicyclic) bond motifs is 3. The number of rotatable bonds is 2. The van der Waals surface area contributed by atoms with Crippen molar-refractivity contribution in [2.45, 2.75) is 38.6 Å². The number of aryl methyl sites for hydroxylation is 1. The Bertz CT molecular complexity index is 612. The third-order valence-electron chi connectivity index (χ3n) is 4.02. The lowest BCUT2D eigenvalue weighted by Crippen LogP contribution is -2.25. The molecule has 18 heavy (non-hydrogen) atoms. The van der Waals surface area contributed by atoms with Crippen molar-refractivity contribution in [2.24, 2.45) is 5.73 Å². The highest BCUT2D eigenvalue weighted by Gasteiger charge is 2.24. The van der Waals surface area contributed by atoms with E-state index in [9.17, 15) is 4.79 Å². The average Bonchev–Trinajstić information content (AvgIpc) is 2.72. The highest BCUT2D eigenvalue weighted by atomic mass is 16.1. The number of hydrogen-bond acceptors (Lipinski definition) is 1. The largest absolute Gasteiger partial charge is 0.368 e. The number of benzene rings is 1. The molecular formula is C15H18N2O. The highest BCUT2D eigenvalue weighted by molar-refractivity contribution is 5.88. The molecule has 1 aliphatic carbocycles. The maximum atomic E-state index is 11.5. The van der Waals surface area contributed by atoms with Crippen LogP contribution < -0.4 is 5.73 Å². The number of hydrogen-bond donors (Lipinski definition) is 1. The van der Waals surface area contributed by atoms with E-state index in [2.05, 4.69) is 22.8 Å². The predicted molar refractivity (Wildman–Crippen MR) is 72.5 cm³/mol. The zero-order valence-corrected chi connectivity index (χ0v) is 10.6. The molecule has 3 nitrogen and oxygen atoms in total. The van der Waals surface area contributed by atoms with Crippen LogP contribution in [0.25, 0.3) is 10.9 Å². The van der Waals surface area contributed by atoms with Crippen molar-refractivity contribution in [3.05, 3.63) is 35.5 Å². The molecule has 3 rings (SSSR count). The van der Waals surface area contributed by atoms with Crippen LogP contribution in [0.5, 0.6) is 0 Å². The van der Waals surface area contributed by atoms with Gasteiger partial charge in [-0.15, -0.1) is 0 Å². The fourth-order valence-corrected chi connectivity index (χ4v) is 3.10. The number of amides is 1. The van der Waals surface area contributed by atoms with Gasteiger partial charge in [-0.05, 0) is 44.2 Å². The lowest BCUT2D eigenvalue weighted by Gasteiger charge is -2.19. The number of carbonyl (C=O) groups excluding carboxylic acids is 1. The summed E-state index contributed by atoms with van der Waals surface area (Å²) < 4.78 is 2.14. The smallest absolute Gasteiger partial charge is 0.240 e. The molecule has 0 bridgehead atoms. The zero-order valence-electron chi connectivity index (χ0n) is 10.6. The van der Waals surface area contributed by atoms with Gasteiger partial charge in [0.05, 0.1) is 0 Å². The number of nitrogens with two attached hydrogens (primary N) is 1. The van der Waals surface area contributed by atoms with Crippen molar-refractivity contribution < 1.29 is 4.79 Å². The van der Waals surface area contributed by atoms with Crippen LogP contribution in [0.2, 0.25) is 0 Å². The quantitative estimate of drug-likeness (QED) is 0.864. The lowest BCUT2D eigenvalue weighted by molar-refractivity contribution is -0.120. The molecule has 0 spiro atoms. The van der Waals surface area contributed by atoms with Crippen LogP contribution in [-0.2, 0) is 17.6 Å². The Morgan fingerprint density at radius 1 is 1.28 bits per heavy atom. The summed E-state index contributed by atoms with van der Waals surface area (Å²) in [5, 5.41) is 1.29. The van der Waals surface area contributed by atoms with E-state index < -0.39 is 0 Å². The van der Waals surface area contributed by atoms with Crippen LogP contribution in [0.4, 0.5) is 0 Å². The fraction of sp³-hybridized carbons (Fsp3) is 0.400. The maximum Gasteiger partial charge on any atom is 0.240 e. The maximum absolute atomic E-state index is 11.5. The first-order valence-corrected chi connectivity index (χ1v) is 6.60. The van der Waals surface area contributed by atoms with Gasteiger partial charge < -0.3 is 10.3 Å². The normalized spacial score (nSPS) is 16.5. The van der Waals surface area contributed by atoms with Crippen molar-refractivity contribution in [1.29, 1.82) is 0 Å². The van der Waals surface area contributed by atoms with E-state index in [1.54, 1.807) is 0 Å². The molecule has 0 aliphatic heterocycles. The lowest BCUT2D eigenvalue weighted by atomic mass is 9.95. The summed E-state index contributed by atoms with van der Waals surface area (Å²) in [5.74, 6) is -0.260. The topological polar surface area (TPSA) is 48.0 Å². The predicted octanol–water partition coefficient (Wildman–Crippen LogP) is 2.57. The van der Waals surface area contributed by atoms with Crippen molar-refractivity contribution in [3.8, 4) is 0 Å². The van der Waals surface area contributed by atoms with Crippen LogP contribution in [0.1, 0.15) is 37.1 Å². The summed E-state index contributed by atoms with van der Waals surface area (Å²) in [6, 6.07) is 8.07. The van der Waals surface area contributed by atoms with Gasteiger partial charge in [-0.2, -0.15) is 0 Å². The van der Waals surface area contributed by atoms with E-state index in [1.165, 1.54) is 29.5 Å². The minimum absolute atomic E-state index is 0.260. The number of primary amides is 1. The molecule has 1 aliphatic rings. The van der Waals surface area contributed by atoms with Crippen LogP contribution in [0, 0.1) is 0 Å². The summed E-state index contributed by atoms with van der Waals surface area (Å²) in [5.41, 5.74) is 9.38. The highest BCUT2D eigenvalue weighted by Crippen LogP contribution is 2.34. The summed E-state index contributed by atoms with van der Waals surface area (Å²) in [6.07, 6.45) is 4.62. The Kier molecular flexibility index (Phi) is 2.62. The second-order valence-electron chi connectivity index (χ2n) is 5.10. The fourth-order valence-electron chi connectivity index (χ4n) is 3.10. The number of carbonyl (C=O) groups is 1. The number of para-hydroxylation sites is 1. The first-order chi connectivity index (χ1) is 8.70. The Balaban J connectivity index is 2.32. The standard InChI is InChI=1S/C15H18N2O/c1-10(15(16)18)17-13-8-4-2-6-11(13)12-7-3-5-9-14(12)17/h2,4,6,8,10H,3,5,7,9H2,1H3,(H2,16,18). The molecule has 1 amide bonds. The zero-order chi connectivity index (χ0) is 12.7. The van der Waals surface area contributed by atoms with Gasteiger partial charge in [-0.3, -0.25) is 4.79 Å². The van der Waals surface area contributed by atoms with Crippen LogP contribution in [0.15, 0.2) is 24.3 Å². The molecule has 2 N–H and O–H groups in total. The number of aromatic nitrogens is 1. The molecule has 1 atom stereocenters. The van der Waals surface area contributed by atoms with E-state index >= 15 is 0 Å². The third kappa shape index (κ3) is 1.54. The van der Waals surface area contributed by atoms with Gasteiger partial charge in [-0.1, -0.05) is 18.2 Å². The molecule has 0 saturated heterocycles. The Morgan fingerprint density at radius 2 is 2.00 bits per heavy atom. The molecular weight excluding hydrogens is 224 g/mol. The number of nitrogens with zero attached hydrogens (tertiary/aromatic N) is 1.